The van der Waals surface area contributed by atoms with Gasteiger partial charge in [-0.3, -0.25) is 0 Å². The van der Waals surface area contributed by atoms with Crippen molar-refractivity contribution in [3.63, 3.8) is 0 Å². The Morgan fingerprint density at radius 2 is 0.196 bits per heavy atom. The van der Waals surface area contributed by atoms with Crippen LogP contribution in [0.1, 0.15) is 548 Å². The molecule has 0 rings (SSSR count). The van der Waals surface area contributed by atoms with Crippen LogP contribution in [0.4, 0.5) is 0 Å². The number of hydrogen-bond donors (Lipinski definition) is 0. The van der Waals surface area contributed by atoms with E-state index in [2.05, 4.69) is 34.6 Å². The number of hydrogen-bond acceptors (Lipinski definition) is 10. The van der Waals surface area contributed by atoms with Crippen LogP contribution in [-0.2, 0) is 24.0 Å². The average Bonchev–Trinajstić information content (AvgIpc) is 3.77. The molecule has 12 heteroatoms. The first-order chi connectivity index (χ1) is 48.9. The second kappa shape index (κ2) is 111. The summed E-state index contributed by atoms with van der Waals surface area (Å²) in [7, 11) is 0. The molecule has 0 aromatic rings. The average molecular weight is 1580 g/mol. The Morgan fingerprint density at radius 3 is 0.255 bits per heavy atom. The predicted octanol–water partition coefficient (Wildman–Crippen LogP) is 24.6. The van der Waals surface area contributed by atoms with Crippen LogP contribution in [0.3, 0.4) is 0 Å². The van der Waals surface area contributed by atoms with Gasteiger partial charge in [-0.05, 0) is 64.2 Å². The van der Waals surface area contributed by atoms with Crippen molar-refractivity contribution in [3.8, 4) is 0 Å². The van der Waals surface area contributed by atoms with E-state index in [1.807, 2.05) is 0 Å². The smallest absolute Gasteiger partial charge is 0.550 e. The Kier molecular flexibility index (Phi) is 125. The van der Waals surface area contributed by atoms with E-state index in [0.29, 0.717) is 0 Å². The van der Waals surface area contributed by atoms with Crippen LogP contribution in [-0.4, -0.2) is 52.9 Å². The first-order valence-corrected chi connectivity index (χ1v) is 44.8. The predicted molar refractivity (Wildman–Crippen MR) is 429 cm³/mol. The third-order valence-corrected chi connectivity index (χ3v) is 19.9. The number of aliphatic carboxylic acids is 5. The van der Waals surface area contributed by atoms with Gasteiger partial charge in [0, 0.05) is 29.8 Å². The summed E-state index contributed by atoms with van der Waals surface area (Å²) in [5.41, 5.74) is 0. The van der Waals surface area contributed by atoms with Gasteiger partial charge in [-0.15, -0.1) is 0 Å². The molecule has 0 unspecified atom stereocenters. The van der Waals surface area contributed by atoms with E-state index in [-0.39, 0.29) is 90.8 Å². The summed E-state index contributed by atoms with van der Waals surface area (Å²) in [6, 6.07) is 0. The SMILES string of the molecule is CCCCCCCCCCCCCCCCCC(=O)[O-].CCCCCCCCCCCCCCCCCC(=O)[O-].CCCCCCCCCCCCCCCCCC(=O)[O-].CCCCCCCCCCCCCCCCCC(=O)[O-].CCCCCCCCCCCCCCCCCC(=O)[O-].[La+3].[Mg+2]. The van der Waals surface area contributed by atoms with Crippen molar-refractivity contribution in [2.45, 2.75) is 548 Å². The molecule has 600 valence electrons. The number of unbranched alkanes of at least 4 members (excludes halogenated alkanes) is 70. The molecule has 10 nitrogen and oxygen atoms in total. The van der Waals surface area contributed by atoms with E-state index >= 15 is 0 Å². The molecule has 0 amide bonds. The zero-order valence-electron chi connectivity index (χ0n) is 69.4. The Morgan fingerprint density at radius 1 is 0.137 bits per heavy atom. The monoisotopic (exact) mass is 1580 g/mol. The maximum Gasteiger partial charge on any atom is 3.00 e. The van der Waals surface area contributed by atoms with E-state index in [9.17, 15) is 49.5 Å². The summed E-state index contributed by atoms with van der Waals surface area (Å²) in [5.74, 6) is -4.52. The van der Waals surface area contributed by atoms with Crippen LogP contribution in [0, 0.1) is 35.6 Å². The van der Waals surface area contributed by atoms with Crippen molar-refractivity contribution < 1.29 is 85.1 Å². The van der Waals surface area contributed by atoms with Gasteiger partial charge in [0.25, 0.3) is 0 Å². The summed E-state index contributed by atoms with van der Waals surface area (Å²) in [5, 5.41) is 51.1. The van der Waals surface area contributed by atoms with Crippen LogP contribution in [0.25, 0.3) is 0 Å². The molecule has 0 bridgehead atoms. The topological polar surface area (TPSA) is 201 Å². The Labute approximate surface area is 680 Å². The molecule has 0 N–H and O–H groups in total. The molecule has 0 fully saturated rings. The molecule has 0 heterocycles. The zero-order chi connectivity index (χ0) is 74.5. The zero-order valence-corrected chi connectivity index (χ0v) is 74.5. The van der Waals surface area contributed by atoms with Crippen LogP contribution < -0.4 is 25.5 Å². The van der Waals surface area contributed by atoms with E-state index in [1.54, 1.807) is 0 Å². The molecular formula is C90H175LaMgO10. The van der Waals surface area contributed by atoms with Gasteiger partial charge in [-0.2, -0.15) is 0 Å². The fraction of sp³-hybridized carbons (Fsp3) is 0.944. The molecule has 0 saturated heterocycles. The van der Waals surface area contributed by atoms with Gasteiger partial charge in [-0.25, -0.2) is 0 Å². The van der Waals surface area contributed by atoms with Crippen molar-refractivity contribution >= 4 is 52.9 Å². The number of carboxylic acid groups (broad SMARTS) is 5. The fourth-order valence-electron chi connectivity index (χ4n) is 13.2. The summed E-state index contributed by atoms with van der Waals surface area (Å²) < 4.78 is 0. The number of rotatable bonds is 80. The number of carbonyl (C=O) groups excluding carboxylic acids is 5. The van der Waals surface area contributed by atoms with Crippen LogP contribution in [0.2, 0.25) is 0 Å². The first kappa shape index (κ1) is 115. The maximum absolute atomic E-state index is 10.2. The molecule has 0 aliphatic carbocycles. The summed E-state index contributed by atoms with van der Waals surface area (Å²) in [6.07, 6.45) is 99.3. The van der Waals surface area contributed by atoms with Gasteiger partial charge < -0.3 is 49.5 Å². The molecule has 102 heavy (non-hydrogen) atoms. The Balaban J connectivity index is -0.000000220. The van der Waals surface area contributed by atoms with Gasteiger partial charge in [0.1, 0.15) is 0 Å². The third-order valence-electron chi connectivity index (χ3n) is 19.9. The van der Waals surface area contributed by atoms with Gasteiger partial charge in [0.05, 0.1) is 0 Å². The van der Waals surface area contributed by atoms with Crippen LogP contribution in [0.15, 0.2) is 0 Å². The second-order valence-electron chi connectivity index (χ2n) is 30.4. The van der Waals surface area contributed by atoms with Gasteiger partial charge in [0.15, 0.2) is 0 Å². The first-order valence-electron chi connectivity index (χ1n) is 44.8. The molecule has 0 spiro atoms. The van der Waals surface area contributed by atoms with Gasteiger partial charge in [0.2, 0.25) is 0 Å². The quantitative estimate of drug-likeness (QED) is 0.0417. The largest absolute Gasteiger partial charge is 3.00 e. The van der Waals surface area contributed by atoms with Crippen molar-refractivity contribution in [2.24, 2.45) is 0 Å². The molecule has 0 radical (unpaired) electrons. The minimum absolute atomic E-state index is 0. The van der Waals surface area contributed by atoms with Crippen molar-refractivity contribution in [3.05, 3.63) is 0 Å². The Hall–Kier alpha value is -0.689. The standard InChI is InChI=1S/5C18H36O2.La.Mg/c5*1-2-3-4-5-6-7-8-9-10-11-12-13-14-15-16-17-18(19)20;;/h5*2-17H2,1H3,(H,19,20);;/q;;;;;+3;+2/p-5. The molecule has 0 aromatic heterocycles. The minimum atomic E-state index is -0.903. The van der Waals surface area contributed by atoms with Gasteiger partial charge >= 0.3 is 58.7 Å². The summed E-state index contributed by atoms with van der Waals surface area (Å²) >= 11 is 0. The maximum atomic E-state index is 10.2. The van der Waals surface area contributed by atoms with E-state index < -0.39 is 29.8 Å². The Bertz CT molecular complexity index is 1280. The number of carboxylic acids is 5. The molecule has 0 atom stereocenters. The van der Waals surface area contributed by atoms with Crippen molar-refractivity contribution in [1.82, 2.24) is 0 Å². The normalized spacial score (nSPS) is 10.6. The molecule has 0 aliphatic rings. The van der Waals surface area contributed by atoms with Crippen molar-refractivity contribution in [1.29, 1.82) is 0 Å². The molecular weight excluding hydrogens is 1400 g/mol. The molecule has 0 saturated carbocycles. The summed E-state index contributed by atoms with van der Waals surface area (Å²) in [4.78, 5) is 51.1. The van der Waals surface area contributed by atoms with E-state index in [4.69, 9.17) is 0 Å². The molecule has 0 aromatic carbocycles. The summed E-state index contributed by atoms with van der Waals surface area (Å²) in [6.45, 7) is 11.3. The van der Waals surface area contributed by atoms with E-state index in [1.165, 1.54) is 417 Å². The third kappa shape index (κ3) is 135. The number of carbonyl (C=O) groups is 5. The van der Waals surface area contributed by atoms with Crippen molar-refractivity contribution in [2.75, 3.05) is 0 Å². The van der Waals surface area contributed by atoms with E-state index in [0.717, 1.165) is 64.2 Å². The van der Waals surface area contributed by atoms with Crippen LogP contribution >= 0.6 is 0 Å². The fourth-order valence-corrected chi connectivity index (χ4v) is 13.2. The molecule has 0 aliphatic heterocycles. The van der Waals surface area contributed by atoms with Gasteiger partial charge in [-0.1, -0.05) is 484 Å². The van der Waals surface area contributed by atoms with Crippen LogP contribution in [0.5, 0.6) is 0 Å². The second-order valence-corrected chi connectivity index (χ2v) is 30.4. The minimum Gasteiger partial charge on any atom is -0.550 e.